The Morgan fingerprint density at radius 3 is 2.22 bits per heavy atom. The van der Waals surface area contributed by atoms with Crippen molar-refractivity contribution >= 4 is 11.3 Å². The fourth-order valence-electron chi connectivity index (χ4n) is 4.02. The lowest BCUT2D eigenvalue weighted by Gasteiger charge is -2.29. The minimum Gasteiger partial charge on any atom is -0.330 e. The minimum absolute atomic E-state index is 0.328. The summed E-state index contributed by atoms with van der Waals surface area (Å²) in [4.78, 5) is 2.98. The normalized spacial score (nSPS) is 13.6. The van der Waals surface area contributed by atoms with Gasteiger partial charge in [0.1, 0.15) is 0 Å². The van der Waals surface area contributed by atoms with E-state index in [9.17, 15) is 0 Å². The van der Waals surface area contributed by atoms with Gasteiger partial charge in [-0.1, -0.05) is 90.0 Å². The number of rotatable bonds is 13. The second kappa shape index (κ2) is 11.7. The van der Waals surface area contributed by atoms with Crippen LogP contribution in [0.3, 0.4) is 0 Å². The highest BCUT2D eigenvalue weighted by Crippen LogP contribution is 2.42. The molecule has 0 aliphatic carbocycles. The average molecular weight is 386 g/mol. The summed E-state index contributed by atoms with van der Waals surface area (Å²) in [5.41, 5.74) is 8.92. The molecule has 27 heavy (non-hydrogen) atoms. The second-order valence-corrected chi connectivity index (χ2v) is 9.27. The fourth-order valence-corrected chi connectivity index (χ4v) is 5.29. The van der Waals surface area contributed by atoms with Gasteiger partial charge in [-0.05, 0) is 49.1 Å². The zero-order valence-corrected chi connectivity index (χ0v) is 18.5. The molecule has 0 aliphatic rings. The maximum Gasteiger partial charge on any atom is 0.0348 e. The van der Waals surface area contributed by atoms with Gasteiger partial charge in [0, 0.05) is 15.2 Å². The van der Waals surface area contributed by atoms with E-state index in [1.165, 1.54) is 73.8 Å². The molecule has 1 heterocycles. The summed E-state index contributed by atoms with van der Waals surface area (Å²) in [5, 5.41) is 0. The quantitative estimate of drug-likeness (QED) is 0.351. The van der Waals surface area contributed by atoms with Crippen LogP contribution in [0.25, 0.3) is 10.4 Å². The largest absolute Gasteiger partial charge is 0.330 e. The average Bonchev–Trinajstić information content (AvgIpc) is 3.17. The van der Waals surface area contributed by atoms with E-state index in [4.69, 9.17) is 5.73 Å². The van der Waals surface area contributed by atoms with Crippen molar-refractivity contribution < 1.29 is 0 Å². The molecule has 2 heteroatoms. The Labute approximate surface area is 171 Å². The summed E-state index contributed by atoms with van der Waals surface area (Å²) in [6.07, 6.45) is 13.0. The van der Waals surface area contributed by atoms with E-state index in [0.717, 1.165) is 6.42 Å². The van der Waals surface area contributed by atoms with Crippen LogP contribution < -0.4 is 5.73 Å². The Hall–Kier alpha value is -1.12. The van der Waals surface area contributed by atoms with Crippen molar-refractivity contribution in [2.75, 3.05) is 6.54 Å². The predicted molar refractivity (Wildman–Crippen MR) is 123 cm³/mol. The first-order valence-corrected chi connectivity index (χ1v) is 11.8. The van der Waals surface area contributed by atoms with Gasteiger partial charge in [-0.2, -0.15) is 0 Å². The number of benzene rings is 1. The molecule has 2 aromatic rings. The Morgan fingerprint density at radius 1 is 0.852 bits per heavy atom. The molecule has 0 fully saturated rings. The lowest BCUT2D eigenvalue weighted by molar-refractivity contribution is 0.372. The SMILES string of the molecule is CCCCCCC(C)(CCCCC)c1ccc(-c2ccccc2CCN)s1. The molecule has 1 unspecified atom stereocenters. The zero-order chi connectivity index (χ0) is 19.5. The first-order valence-electron chi connectivity index (χ1n) is 11.0. The van der Waals surface area contributed by atoms with Crippen LogP contribution in [0.15, 0.2) is 36.4 Å². The van der Waals surface area contributed by atoms with Gasteiger partial charge in [-0.15, -0.1) is 11.3 Å². The van der Waals surface area contributed by atoms with Gasteiger partial charge in [0.05, 0.1) is 0 Å². The van der Waals surface area contributed by atoms with Gasteiger partial charge < -0.3 is 5.73 Å². The molecule has 0 aliphatic heterocycles. The molecule has 1 aromatic heterocycles. The maximum atomic E-state index is 5.83. The smallest absolute Gasteiger partial charge is 0.0348 e. The third kappa shape index (κ3) is 6.47. The topological polar surface area (TPSA) is 26.0 Å². The van der Waals surface area contributed by atoms with Crippen molar-refractivity contribution in [1.29, 1.82) is 0 Å². The first kappa shape index (κ1) is 22.2. The van der Waals surface area contributed by atoms with E-state index in [0.29, 0.717) is 12.0 Å². The van der Waals surface area contributed by atoms with Crippen molar-refractivity contribution in [3.05, 3.63) is 46.8 Å². The van der Waals surface area contributed by atoms with Gasteiger partial charge in [0.15, 0.2) is 0 Å². The highest BCUT2D eigenvalue weighted by atomic mass is 32.1. The number of thiophene rings is 1. The van der Waals surface area contributed by atoms with Crippen LogP contribution in [0.1, 0.15) is 89.0 Å². The summed E-state index contributed by atoms with van der Waals surface area (Å²) >= 11 is 2.01. The molecule has 1 atom stereocenters. The molecule has 0 bridgehead atoms. The van der Waals surface area contributed by atoms with Gasteiger partial charge in [0.2, 0.25) is 0 Å². The van der Waals surface area contributed by atoms with E-state index in [-0.39, 0.29) is 0 Å². The molecule has 0 saturated heterocycles. The minimum atomic E-state index is 0.328. The Kier molecular flexibility index (Phi) is 9.58. The molecule has 0 radical (unpaired) electrons. The monoisotopic (exact) mass is 385 g/mol. The third-order valence-electron chi connectivity index (χ3n) is 5.81. The standard InChI is InChI=1S/C25H39NS/c1-4-6-8-12-19-25(3,18-11-7-5-2)24-16-15-23(27-24)22-14-10-9-13-21(22)17-20-26/h9-10,13-16H,4-8,11-12,17-20,26H2,1-3H3. The second-order valence-electron chi connectivity index (χ2n) is 8.19. The lowest BCUT2D eigenvalue weighted by atomic mass is 9.78. The lowest BCUT2D eigenvalue weighted by Crippen LogP contribution is -2.20. The molecule has 1 nitrogen and oxygen atoms in total. The molecule has 1 aromatic carbocycles. The van der Waals surface area contributed by atoms with Crippen molar-refractivity contribution in [2.24, 2.45) is 5.73 Å². The van der Waals surface area contributed by atoms with Gasteiger partial charge in [-0.25, -0.2) is 0 Å². The molecule has 2 rings (SSSR count). The molecular formula is C25H39NS. The Bertz CT molecular complexity index is 660. The first-order chi connectivity index (χ1) is 13.1. The number of hydrogen-bond donors (Lipinski definition) is 1. The summed E-state index contributed by atoms with van der Waals surface area (Å²) in [6.45, 7) is 7.82. The van der Waals surface area contributed by atoms with Crippen LogP contribution in [0.4, 0.5) is 0 Å². The summed E-state index contributed by atoms with van der Waals surface area (Å²) in [6, 6.07) is 13.5. The predicted octanol–water partition coefficient (Wildman–Crippen LogP) is 7.72. The maximum absolute atomic E-state index is 5.83. The molecule has 150 valence electrons. The Morgan fingerprint density at radius 2 is 1.52 bits per heavy atom. The van der Waals surface area contributed by atoms with E-state index in [2.05, 4.69) is 57.2 Å². The van der Waals surface area contributed by atoms with Crippen molar-refractivity contribution in [1.82, 2.24) is 0 Å². The van der Waals surface area contributed by atoms with Crippen molar-refractivity contribution in [3.8, 4) is 10.4 Å². The van der Waals surface area contributed by atoms with E-state index in [1.807, 2.05) is 11.3 Å². The van der Waals surface area contributed by atoms with Crippen molar-refractivity contribution in [2.45, 2.75) is 90.4 Å². The number of hydrogen-bond acceptors (Lipinski definition) is 2. The molecule has 0 saturated carbocycles. The van der Waals surface area contributed by atoms with Crippen molar-refractivity contribution in [3.63, 3.8) is 0 Å². The van der Waals surface area contributed by atoms with Crippen LogP contribution in [-0.2, 0) is 11.8 Å². The van der Waals surface area contributed by atoms with Crippen LogP contribution >= 0.6 is 11.3 Å². The van der Waals surface area contributed by atoms with E-state index >= 15 is 0 Å². The van der Waals surface area contributed by atoms with E-state index in [1.54, 1.807) is 4.88 Å². The molecule has 0 amide bonds. The van der Waals surface area contributed by atoms with Crippen LogP contribution in [0.2, 0.25) is 0 Å². The summed E-state index contributed by atoms with van der Waals surface area (Å²) < 4.78 is 0. The third-order valence-corrected chi connectivity index (χ3v) is 7.24. The van der Waals surface area contributed by atoms with E-state index < -0.39 is 0 Å². The molecular weight excluding hydrogens is 346 g/mol. The van der Waals surface area contributed by atoms with Crippen LogP contribution in [0.5, 0.6) is 0 Å². The van der Waals surface area contributed by atoms with Crippen LogP contribution in [-0.4, -0.2) is 6.54 Å². The van der Waals surface area contributed by atoms with Gasteiger partial charge >= 0.3 is 0 Å². The fraction of sp³-hybridized carbons (Fsp3) is 0.600. The highest BCUT2D eigenvalue weighted by molar-refractivity contribution is 7.15. The number of nitrogens with two attached hydrogens (primary N) is 1. The summed E-state index contributed by atoms with van der Waals surface area (Å²) in [5.74, 6) is 0. The van der Waals surface area contributed by atoms with Gasteiger partial charge in [-0.3, -0.25) is 0 Å². The Balaban J connectivity index is 2.21. The zero-order valence-electron chi connectivity index (χ0n) is 17.7. The van der Waals surface area contributed by atoms with Crippen LogP contribution in [0, 0.1) is 0 Å². The molecule has 0 spiro atoms. The highest BCUT2D eigenvalue weighted by Gasteiger charge is 2.27. The number of unbranched alkanes of at least 4 members (excludes halogenated alkanes) is 5. The molecule has 2 N–H and O–H groups in total. The summed E-state index contributed by atoms with van der Waals surface area (Å²) in [7, 11) is 0. The van der Waals surface area contributed by atoms with Gasteiger partial charge in [0.25, 0.3) is 0 Å².